The topological polar surface area (TPSA) is 98.1 Å². The number of nitrogens with zero attached hydrogens (tertiary/aromatic N) is 1. The molecule has 1 heterocycles. The molecule has 3 N–H and O–H groups in total. The van der Waals surface area contributed by atoms with Crippen LogP contribution in [0.2, 0.25) is 0 Å². The average Bonchev–Trinajstić information content (AvgIpc) is 2.67. The van der Waals surface area contributed by atoms with E-state index in [1.54, 1.807) is 36.4 Å². The summed E-state index contributed by atoms with van der Waals surface area (Å²) in [6.07, 6.45) is 3.21. The highest BCUT2D eigenvalue weighted by atomic mass is 16.1. The Bertz CT molecular complexity index is 1250. The quantitative estimate of drug-likeness (QED) is 0.612. The SMILES string of the molecule is CC(=O)Nc1ccc(/C=c2\[nH]c(=O)/c(=C/c3ccc(N(C)C)cc3)[nH]c2=O)cc1. The van der Waals surface area contributed by atoms with E-state index in [-0.39, 0.29) is 22.2 Å². The third kappa shape index (κ3) is 5.10. The van der Waals surface area contributed by atoms with Crippen LogP contribution in [0, 0.1) is 0 Å². The van der Waals surface area contributed by atoms with E-state index in [2.05, 4.69) is 15.3 Å². The zero-order chi connectivity index (χ0) is 21.0. The monoisotopic (exact) mass is 390 g/mol. The average molecular weight is 390 g/mol. The largest absolute Gasteiger partial charge is 0.378 e. The second-order valence-electron chi connectivity index (χ2n) is 6.81. The molecule has 0 unspecified atom stereocenters. The highest BCUT2D eigenvalue weighted by Gasteiger charge is 1.99. The fourth-order valence-electron chi connectivity index (χ4n) is 2.76. The van der Waals surface area contributed by atoms with Crippen molar-refractivity contribution in [2.45, 2.75) is 6.92 Å². The van der Waals surface area contributed by atoms with E-state index < -0.39 is 5.56 Å². The van der Waals surface area contributed by atoms with E-state index in [0.29, 0.717) is 5.69 Å². The molecule has 1 amide bonds. The minimum atomic E-state index is -0.397. The Kier molecular flexibility index (Phi) is 5.78. The van der Waals surface area contributed by atoms with E-state index >= 15 is 0 Å². The van der Waals surface area contributed by atoms with Crippen LogP contribution in [0.25, 0.3) is 12.2 Å². The molecule has 0 fully saturated rings. The van der Waals surface area contributed by atoms with Gasteiger partial charge < -0.3 is 20.2 Å². The Morgan fingerprint density at radius 1 is 0.828 bits per heavy atom. The van der Waals surface area contributed by atoms with Gasteiger partial charge in [0.15, 0.2) is 0 Å². The Hall–Kier alpha value is -3.87. The molecule has 0 saturated carbocycles. The summed E-state index contributed by atoms with van der Waals surface area (Å²) >= 11 is 0. The molecule has 0 atom stereocenters. The summed E-state index contributed by atoms with van der Waals surface area (Å²) in [4.78, 5) is 43.1. The number of anilines is 2. The van der Waals surface area contributed by atoms with Crippen molar-refractivity contribution in [3.05, 3.63) is 91.1 Å². The Balaban J connectivity index is 1.95. The number of benzene rings is 2. The number of nitrogens with one attached hydrogen (secondary N) is 3. The van der Waals surface area contributed by atoms with Gasteiger partial charge in [-0.15, -0.1) is 0 Å². The van der Waals surface area contributed by atoms with Gasteiger partial charge in [0.1, 0.15) is 10.7 Å². The zero-order valence-corrected chi connectivity index (χ0v) is 16.4. The number of H-pyrrole nitrogens is 2. The molecule has 0 spiro atoms. The van der Waals surface area contributed by atoms with Crippen molar-refractivity contribution in [3.8, 4) is 0 Å². The summed E-state index contributed by atoms with van der Waals surface area (Å²) in [6.45, 7) is 1.43. The maximum atomic E-state index is 12.4. The third-order valence-electron chi connectivity index (χ3n) is 4.25. The first-order valence-electron chi connectivity index (χ1n) is 9.03. The van der Waals surface area contributed by atoms with Gasteiger partial charge in [0.05, 0.1) is 0 Å². The fraction of sp³-hybridized carbons (Fsp3) is 0.136. The lowest BCUT2D eigenvalue weighted by atomic mass is 10.2. The van der Waals surface area contributed by atoms with E-state index in [0.717, 1.165) is 16.8 Å². The molecule has 0 aliphatic heterocycles. The van der Waals surface area contributed by atoms with Crippen LogP contribution in [-0.4, -0.2) is 30.0 Å². The van der Waals surface area contributed by atoms with Gasteiger partial charge in [0, 0.05) is 32.4 Å². The van der Waals surface area contributed by atoms with E-state index in [1.165, 1.54) is 6.92 Å². The lowest BCUT2D eigenvalue weighted by molar-refractivity contribution is -0.114. The van der Waals surface area contributed by atoms with Gasteiger partial charge in [-0.25, -0.2) is 0 Å². The molecule has 0 aliphatic rings. The molecular weight excluding hydrogens is 368 g/mol. The molecule has 2 aromatic carbocycles. The van der Waals surface area contributed by atoms with Crippen molar-refractivity contribution in [1.82, 2.24) is 9.97 Å². The number of rotatable bonds is 4. The number of aromatic nitrogens is 2. The van der Waals surface area contributed by atoms with Crippen LogP contribution in [-0.2, 0) is 4.79 Å². The second-order valence-corrected chi connectivity index (χ2v) is 6.81. The molecule has 0 aliphatic carbocycles. The summed E-state index contributed by atoms with van der Waals surface area (Å²) < 4.78 is 0. The van der Waals surface area contributed by atoms with Crippen molar-refractivity contribution < 1.29 is 4.79 Å². The molecule has 3 aromatic rings. The molecule has 148 valence electrons. The number of carbonyl (C=O) groups is 1. The van der Waals surface area contributed by atoms with Gasteiger partial charge in [-0.1, -0.05) is 24.3 Å². The van der Waals surface area contributed by atoms with E-state index in [9.17, 15) is 14.4 Å². The van der Waals surface area contributed by atoms with Crippen molar-refractivity contribution in [3.63, 3.8) is 0 Å². The lowest BCUT2D eigenvalue weighted by Crippen LogP contribution is -2.46. The summed E-state index contributed by atoms with van der Waals surface area (Å²) in [5, 5.41) is 3.01. The Morgan fingerprint density at radius 3 is 1.69 bits per heavy atom. The van der Waals surface area contributed by atoms with Gasteiger partial charge in [-0.3, -0.25) is 14.4 Å². The maximum absolute atomic E-state index is 12.4. The molecule has 0 saturated heterocycles. The molecule has 0 bridgehead atoms. The highest BCUT2D eigenvalue weighted by Crippen LogP contribution is 2.12. The normalized spacial score (nSPS) is 12.1. The summed E-state index contributed by atoms with van der Waals surface area (Å²) in [7, 11) is 3.90. The van der Waals surface area contributed by atoms with Gasteiger partial charge in [-0.2, -0.15) is 0 Å². The minimum absolute atomic E-state index is 0.155. The standard InChI is InChI=1S/C22H22N4O3/c1-14(27)23-17-8-4-15(5-9-17)12-19-21(28)25-20(22(29)24-19)13-16-6-10-18(11-7-16)26(2)3/h4-13H,1-3H3,(H,23,27)(H,24,29)(H,25,28)/b19-12-,20-13-. The van der Waals surface area contributed by atoms with Crippen molar-refractivity contribution in [2.24, 2.45) is 0 Å². The van der Waals surface area contributed by atoms with Crippen molar-refractivity contribution in [1.29, 1.82) is 0 Å². The Morgan fingerprint density at radius 2 is 1.28 bits per heavy atom. The molecule has 0 radical (unpaired) electrons. The maximum Gasteiger partial charge on any atom is 0.272 e. The van der Waals surface area contributed by atoms with E-state index in [4.69, 9.17) is 0 Å². The van der Waals surface area contributed by atoms with Crippen LogP contribution in [0.3, 0.4) is 0 Å². The molecule has 7 heteroatoms. The van der Waals surface area contributed by atoms with Crippen molar-refractivity contribution >= 4 is 29.4 Å². The van der Waals surface area contributed by atoms with Crippen LogP contribution < -0.4 is 32.0 Å². The number of hydrogen-bond acceptors (Lipinski definition) is 4. The molecular formula is C22H22N4O3. The molecule has 7 nitrogen and oxygen atoms in total. The van der Waals surface area contributed by atoms with Gasteiger partial charge in [0.25, 0.3) is 11.1 Å². The first-order valence-corrected chi connectivity index (χ1v) is 9.03. The van der Waals surface area contributed by atoms with Gasteiger partial charge in [-0.05, 0) is 47.5 Å². The first kappa shape index (κ1) is 19.9. The van der Waals surface area contributed by atoms with E-state index in [1.807, 2.05) is 43.3 Å². The smallest absolute Gasteiger partial charge is 0.272 e. The summed E-state index contributed by atoms with van der Waals surface area (Å²) in [5.74, 6) is -0.161. The van der Waals surface area contributed by atoms with Crippen LogP contribution >= 0.6 is 0 Å². The van der Waals surface area contributed by atoms with Crippen LogP contribution in [0.1, 0.15) is 18.1 Å². The first-order chi connectivity index (χ1) is 13.8. The summed E-state index contributed by atoms with van der Waals surface area (Å²) in [5.41, 5.74) is 2.44. The number of aromatic amines is 2. The fourth-order valence-corrected chi connectivity index (χ4v) is 2.76. The third-order valence-corrected chi connectivity index (χ3v) is 4.25. The lowest BCUT2D eigenvalue weighted by Gasteiger charge is -2.11. The van der Waals surface area contributed by atoms with Gasteiger partial charge in [0.2, 0.25) is 5.91 Å². The second kappa shape index (κ2) is 8.43. The predicted octanol–water partition coefficient (Wildman–Crippen LogP) is 0.745. The highest BCUT2D eigenvalue weighted by molar-refractivity contribution is 5.88. The number of carbonyl (C=O) groups excluding carboxylic acids is 1. The van der Waals surface area contributed by atoms with Crippen LogP contribution in [0.15, 0.2) is 58.1 Å². The summed E-state index contributed by atoms with van der Waals surface area (Å²) in [6, 6.07) is 14.6. The predicted molar refractivity (Wildman–Crippen MR) is 116 cm³/mol. The Labute approximate surface area is 167 Å². The molecule has 3 rings (SSSR count). The van der Waals surface area contributed by atoms with Crippen LogP contribution in [0.4, 0.5) is 11.4 Å². The molecule has 29 heavy (non-hydrogen) atoms. The van der Waals surface area contributed by atoms with Crippen molar-refractivity contribution in [2.75, 3.05) is 24.3 Å². The minimum Gasteiger partial charge on any atom is -0.378 e. The molecule has 1 aromatic heterocycles. The zero-order valence-electron chi connectivity index (χ0n) is 16.4. The number of hydrogen-bond donors (Lipinski definition) is 3. The van der Waals surface area contributed by atoms with Gasteiger partial charge >= 0.3 is 0 Å². The van der Waals surface area contributed by atoms with Crippen LogP contribution in [0.5, 0.6) is 0 Å². The number of amides is 1.